The Hall–Kier alpha value is -0.300. The molecule has 9 heavy (non-hydrogen) atoms. The van der Waals surface area contributed by atoms with Crippen molar-refractivity contribution >= 4 is 0 Å². The average molecular weight is 126 g/mol. The quantitative estimate of drug-likeness (QED) is 0.558. The van der Waals surface area contributed by atoms with Crippen LogP contribution in [-0.4, -0.2) is 11.7 Å². The van der Waals surface area contributed by atoms with Crippen LogP contribution in [0.25, 0.3) is 0 Å². The minimum absolute atomic E-state index is 0.125. The molecule has 0 unspecified atom stereocenters. The number of hydrogen-bond acceptors (Lipinski definition) is 1. The smallest absolute Gasteiger partial charge is 0.0524 e. The van der Waals surface area contributed by atoms with E-state index >= 15 is 0 Å². The van der Waals surface area contributed by atoms with E-state index in [0.29, 0.717) is 6.61 Å². The molecule has 0 aromatic carbocycles. The van der Waals surface area contributed by atoms with Crippen molar-refractivity contribution in [3.63, 3.8) is 0 Å². The lowest BCUT2D eigenvalue weighted by Crippen LogP contribution is -2.33. The fourth-order valence-corrected chi connectivity index (χ4v) is 1.32. The standard InChI is InChI=1S/C8H14O/c1-7(2)8(6-9)4-3-5-8/h9H,1,3-6H2,2H3. The van der Waals surface area contributed by atoms with Gasteiger partial charge < -0.3 is 5.11 Å². The van der Waals surface area contributed by atoms with Crippen molar-refractivity contribution in [1.29, 1.82) is 0 Å². The SMILES string of the molecule is C=C(C)C1(CO)CCC1. The molecule has 0 spiro atoms. The van der Waals surface area contributed by atoms with Gasteiger partial charge in [-0.15, -0.1) is 0 Å². The number of rotatable bonds is 2. The highest BCUT2D eigenvalue weighted by atomic mass is 16.3. The van der Waals surface area contributed by atoms with E-state index in [-0.39, 0.29) is 5.41 Å². The van der Waals surface area contributed by atoms with E-state index < -0.39 is 0 Å². The Balaban J connectivity index is 2.57. The van der Waals surface area contributed by atoms with Crippen molar-refractivity contribution in [2.45, 2.75) is 26.2 Å². The van der Waals surface area contributed by atoms with Gasteiger partial charge in [-0.2, -0.15) is 0 Å². The molecule has 0 aromatic heterocycles. The summed E-state index contributed by atoms with van der Waals surface area (Å²) in [6.45, 7) is 6.16. The monoisotopic (exact) mass is 126 g/mol. The van der Waals surface area contributed by atoms with Crippen molar-refractivity contribution in [1.82, 2.24) is 0 Å². The summed E-state index contributed by atoms with van der Waals surface area (Å²) < 4.78 is 0. The summed E-state index contributed by atoms with van der Waals surface area (Å²) in [6.07, 6.45) is 3.53. The molecule has 0 heterocycles. The van der Waals surface area contributed by atoms with Crippen LogP contribution < -0.4 is 0 Å². The number of aliphatic hydroxyl groups is 1. The Morgan fingerprint density at radius 2 is 2.22 bits per heavy atom. The molecule has 0 saturated heterocycles. The molecular weight excluding hydrogens is 112 g/mol. The van der Waals surface area contributed by atoms with Crippen molar-refractivity contribution in [2.75, 3.05) is 6.61 Å². The molecule has 1 saturated carbocycles. The van der Waals surface area contributed by atoms with Crippen molar-refractivity contribution in [3.05, 3.63) is 12.2 Å². The van der Waals surface area contributed by atoms with Crippen LogP contribution >= 0.6 is 0 Å². The highest BCUT2D eigenvalue weighted by molar-refractivity contribution is 5.11. The van der Waals surface area contributed by atoms with Gasteiger partial charge in [0.15, 0.2) is 0 Å². The van der Waals surface area contributed by atoms with E-state index in [2.05, 4.69) is 6.58 Å². The summed E-state index contributed by atoms with van der Waals surface area (Å²) >= 11 is 0. The molecule has 0 atom stereocenters. The van der Waals surface area contributed by atoms with E-state index in [1.165, 1.54) is 6.42 Å². The lowest BCUT2D eigenvalue weighted by Gasteiger charge is -2.40. The molecule has 0 aromatic rings. The first-order valence-corrected chi connectivity index (χ1v) is 3.48. The van der Waals surface area contributed by atoms with Gasteiger partial charge in [-0.25, -0.2) is 0 Å². The van der Waals surface area contributed by atoms with Gasteiger partial charge in [-0.3, -0.25) is 0 Å². The lowest BCUT2D eigenvalue weighted by atomic mass is 9.65. The molecule has 1 fully saturated rings. The lowest BCUT2D eigenvalue weighted by molar-refractivity contribution is 0.0812. The van der Waals surface area contributed by atoms with E-state index in [1.807, 2.05) is 6.92 Å². The molecule has 0 amide bonds. The third-order valence-corrected chi connectivity index (χ3v) is 2.52. The fraction of sp³-hybridized carbons (Fsp3) is 0.750. The van der Waals surface area contributed by atoms with Crippen LogP contribution in [0, 0.1) is 5.41 Å². The van der Waals surface area contributed by atoms with Crippen LogP contribution in [0.15, 0.2) is 12.2 Å². The third-order valence-electron chi connectivity index (χ3n) is 2.52. The maximum absolute atomic E-state index is 8.95. The van der Waals surface area contributed by atoms with E-state index in [1.54, 1.807) is 0 Å². The van der Waals surface area contributed by atoms with Gasteiger partial charge in [-0.05, 0) is 19.8 Å². The zero-order valence-corrected chi connectivity index (χ0v) is 5.98. The van der Waals surface area contributed by atoms with Gasteiger partial charge in [0.05, 0.1) is 6.61 Å². The van der Waals surface area contributed by atoms with Gasteiger partial charge >= 0.3 is 0 Å². The zero-order chi connectivity index (χ0) is 6.91. The Bertz CT molecular complexity index is 117. The Labute approximate surface area is 56.4 Å². The van der Waals surface area contributed by atoms with Gasteiger partial charge in [0.1, 0.15) is 0 Å². The third kappa shape index (κ3) is 0.897. The number of hydrogen-bond donors (Lipinski definition) is 1. The van der Waals surface area contributed by atoms with Crippen LogP contribution in [0.3, 0.4) is 0 Å². The molecule has 1 aliphatic carbocycles. The van der Waals surface area contributed by atoms with Gasteiger partial charge in [0.25, 0.3) is 0 Å². The molecule has 0 radical (unpaired) electrons. The molecule has 1 rings (SSSR count). The van der Waals surface area contributed by atoms with E-state index in [4.69, 9.17) is 5.11 Å². The van der Waals surface area contributed by atoms with Crippen LogP contribution in [0.2, 0.25) is 0 Å². The Morgan fingerprint density at radius 1 is 1.67 bits per heavy atom. The van der Waals surface area contributed by atoms with Gasteiger partial charge in [-0.1, -0.05) is 18.6 Å². The molecule has 1 nitrogen and oxygen atoms in total. The van der Waals surface area contributed by atoms with Crippen LogP contribution in [-0.2, 0) is 0 Å². The molecular formula is C8H14O. The molecule has 1 aliphatic rings. The summed E-state index contributed by atoms with van der Waals surface area (Å²) in [6, 6.07) is 0. The van der Waals surface area contributed by atoms with Crippen molar-refractivity contribution < 1.29 is 5.11 Å². The highest BCUT2D eigenvalue weighted by Gasteiger charge is 2.36. The molecule has 0 aliphatic heterocycles. The van der Waals surface area contributed by atoms with Crippen molar-refractivity contribution in [2.24, 2.45) is 5.41 Å². The summed E-state index contributed by atoms with van der Waals surface area (Å²) in [5.41, 5.74) is 1.27. The maximum Gasteiger partial charge on any atom is 0.0524 e. The van der Waals surface area contributed by atoms with Crippen molar-refractivity contribution in [3.8, 4) is 0 Å². The highest BCUT2D eigenvalue weighted by Crippen LogP contribution is 2.45. The molecule has 1 heteroatoms. The minimum Gasteiger partial charge on any atom is -0.395 e. The molecule has 0 bridgehead atoms. The number of aliphatic hydroxyl groups excluding tert-OH is 1. The van der Waals surface area contributed by atoms with Gasteiger partial charge in [0.2, 0.25) is 0 Å². The summed E-state index contributed by atoms with van der Waals surface area (Å²) in [5, 5.41) is 8.95. The predicted octanol–water partition coefficient (Wildman–Crippen LogP) is 1.73. The van der Waals surface area contributed by atoms with Crippen LogP contribution in [0.1, 0.15) is 26.2 Å². The Morgan fingerprint density at radius 3 is 2.22 bits per heavy atom. The Kier molecular flexibility index (Phi) is 1.62. The first-order valence-electron chi connectivity index (χ1n) is 3.48. The minimum atomic E-state index is 0.125. The first kappa shape index (κ1) is 6.81. The van der Waals surface area contributed by atoms with Crippen LogP contribution in [0.5, 0.6) is 0 Å². The summed E-state index contributed by atoms with van der Waals surface area (Å²) in [4.78, 5) is 0. The zero-order valence-electron chi connectivity index (χ0n) is 5.98. The topological polar surface area (TPSA) is 20.2 Å². The van der Waals surface area contributed by atoms with Crippen LogP contribution in [0.4, 0.5) is 0 Å². The second-order valence-electron chi connectivity index (χ2n) is 3.07. The first-order chi connectivity index (χ1) is 4.21. The molecule has 1 N–H and O–H groups in total. The van der Waals surface area contributed by atoms with E-state index in [0.717, 1.165) is 18.4 Å². The largest absolute Gasteiger partial charge is 0.395 e. The average Bonchev–Trinajstić information content (AvgIpc) is 1.62. The maximum atomic E-state index is 8.95. The predicted molar refractivity (Wildman–Crippen MR) is 38.2 cm³/mol. The molecule has 52 valence electrons. The summed E-state index contributed by atoms with van der Waals surface area (Å²) in [5.74, 6) is 0. The van der Waals surface area contributed by atoms with E-state index in [9.17, 15) is 0 Å². The second kappa shape index (κ2) is 2.14. The normalized spacial score (nSPS) is 22.9. The second-order valence-corrected chi connectivity index (χ2v) is 3.07. The fourth-order valence-electron chi connectivity index (χ4n) is 1.32. The summed E-state index contributed by atoms with van der Waals surface area (Å²) in [7, 11) is 0. The van der Waals surface area contributed by atoms with Gasteiger partial charge in [0, 0.05) is 5.41 Å².